The lowest BCUT2D eigenvalue weighted by molar-refractivity contribution is 0.0935. The number of nitrogens with one attached hydrogen (secondary N) is 1. The number of aromatic nitrogens is 1. The Morgan fingerprint density at radius 2 is 2.25 bits per heavy atom. The van der Waals surface area contributed by atoms with Gasteiger partial charge in [-0.1, -0.05) is 6.07 Å². The fourth-order valence-electron chi connectivity index (χ4n) is 2.70. The van der Waals surface area contributed by atoms with Gasteiger partial charge in [0, 0.05) is 11.9 Å². The highest BCUT2D eigenvalue weighted by atomic mass is 19.1. The quantitative estimate of drug-likeness (QED) is 0.911. The summed E-state index contributed by atoms with van der Waals surface area (Å²) >= 11 is 0. The maximum Gasteiger partial charge on any atom is 0.253 e. The summed E-state index contributed by atoms with van der Waals surface area (Å²) in [5, 5.41) is 3.01. The summed E-state index contributed by atoms with van der Waals surface area (Å²) in [5.41, 5.74) is 3.30. The van der Waals surface area contributed by atoms with Gasteiger partial charge in [0.25, 0.3) is 5.91 Å². The molecule has 3 nitrogen and oxygen atoms in total. The molecule has 2 aromatic rings. The molecule has 1 aromatic carbocycles. The van der Waals surface area contributed by atoms with Crippen molar-refractivity contribution in [3.8, 4) is 0 Å². The normalized spacial score (nSPS) is 16.8. The molecule has 0 saturated carbocycles. The van der Waals surface area contributed by atoms with Crippen LogP contribution in [0.15, 0.2) is 36.5 Å². The van der Waals surface area contributed by atoms with Crippen molar-refractivity contribution in [1.29, 1.82) is 0 Å². The van der Waals surface area contributed by atoms with E-state index in [1.165, 1.54) is 6.07 Å². The van der Waals surface area contributed by atoms with E-state index in [-0.39, 0.29) is 17.8 Å². The number of hydrogen-bond donors (Lipinski definition) is 1. The second kappa shape index (κ2) is 5.04. The van der Waals surface area contributed by atoms with E-state index in [9.17, 15) is 9.18 Å². The molecule has 1 heterocycles. The molecule has 0 saturated heterocycles. The maximum atomic E-state index is 13.2. The van der Waals surface area contributed by atoms with Crippen LogP contribution in [0.25, 0.3) is 0 Å². The Balaban J connectivity index is 1.81. The van der Waals surface area contributed by atoms with Crippen LogP contribution in [0.5, 0.6) is 0 Å². The van der Waals surface area contributed by atoms with Gasteiger partial charge in [-0.3, -0.25) is 9.78 Å². The minimum absolute atomic E-state index is 0.0438. The summed E-state index contributed by atoms with van der Waals surface area (Å²) in [6, 6.07) is 8.23. The van der Waals surface area contributed by atoms with Crippen LogP contribution < -0.4 is 5.32 Å². The maximum absolute atomic E-state index is 13.2. The van der Waals surface area contributed by atoms with Crippen LogP contribution in [0, 0.1) is 12.7 Å². The summed E-state index contributed by atoms with van der Waals surface area (Å²) in [7, 11) is 0. The molecule has 102 valence electrons. The third-order valence-corrected chi connectivity index (χ3v) is 3.74. The Hall–Kier alpha value is -2.23. The van der Waals surface area contributed by atoms with E-state index in [1.54, 1.807) is 30.5 Å². The van der Waals surface area contributed by atoms with Crippen LogP contribution in [0.1, 0.15) is 39.6 Å². The molecule has 0 spiro atoms. The second-order valence-electron chi connectivity index (χ2n) is 5.04. The Kier molecular flexibility index (Phi) is 3.22. The summed E-state index contributed by atoms with van der Waals surface area (Å²) in [6.07, 6.45) is 3.27. The SMILES string of the molecule is Cc1ncccc1C(=O)N[C@@H]1CCc2cc(F)ccc21. The third kappa shape index (κ3) is 2.29. The third-order valence-electron chi connectivity index (χ3n) is 3.74. The van der Waals surface area contributed by atoms with Crippen LogP contribution in [0.4, 0.5) is 4.39 Å². The molecule has 1 N–H and O–H groups in total. The molecule has 1 aromatic heterocycles. The highest BCUT2D eigenvalue weighted by molar-refractivity contribution is 5.95. The first-order chi connectivity index (χ1) is 9.65. The van der Waals surface area contributed by atoms with E-state index < -0.39 is 0 Å². The molecule has 1 aliphatic rings. The standard InChI is InChI=1S/C16H15FN2O/c1-10-13(3-2-8-18-10)16(20)19-15-7-4-11-9-12(17)5-6-14(11)15/h2-3,5-6,8-9,15H,4,7H2,1H3,(H,19,20)/t15-/m1/s1. The van der Waals surface area contributed by atoms with Gasteiger partial charge in [-0.15, -0.1) is 0 Å². The molecule has 1 atom stereocenters. The average Bonchev–Trinajstić information content (AvgIpc) is 2.81. The lowest BCUT2D eigenvalue weighted by Crippen LogP contribution is -2.27. The largest absolute Gasteiger partial charge is 0.345 e. The van der Waals surface area contributed by atoms with E-state index in [4.69, 9.17) is 0 Å². The topological polar surface area (TPSA) is 42.0 Å². The van der Waals surface area contributed by atoms with Crippen molar-refractivity contribution in [2.45, 2.75) is 25.8 Å². The van der Waals surface area contributed by atoms with Crippen LogP contribution in [-0.2, 0) is 6.42 Å². The van der Waals surface area contributed by atoms with Gasteiger partial charge in [0.1, 0.15) is 5.82 Å². The van der Waals surface area contributed by atoms with Crippen molar-refractivity contribution >= 4 is 5.91 Å². The van der Waals surface area contributed by atoms with Gasteiger partial charge < -0.3 is 5.32 Å². The molecule has 0 bridgehead atoms. The molecule has 4 heteroatoms. The number of carbonyl (C=O) groups excluding carboxylic acids is 1. The number of pyridine rings is 1. The van der Waals surface area contributed by atoms with Crippen molar-refractivity contribution in [3.05, 3.63) is 64.7 Å². The Labute approximate surface area is 116 Å². The molecule has 1 amide bonds. The Bertz CT molecular complexity index is 669. The number of rotatable bonds is 2. The van der Waals surface area contributed by atoms with E-state index in [1.807, 2.05) is 6.92 Å². The summed E-state index contributed by atoms with van der Waals surface area (Å²) in [6.45, 7) is 1.81. The predicted octanol–water partition coefficient (Wildman–Crippen LogP) is 2.95. The number of hydrogen-bond acceptors (Lipinski definition) is 2. The molecule has 0 radical (unpaired) electrons. The van der Waals surface area contributed by atoms with Crippen molar-refractivity contribution in [3.63, 3.8) is 0 Å². The van der Waals surface area contributed by atoms with Gasteiger partial charge in [-0.05, 0) is 55.2 Å². The Morgan fingerprint density at radius 1 is 1.40 bits per heavy atom. The van der Waals surface area contributed by atoms with Crippen molar-refractivity contribution < 1.29 is 9.18 Å². The van der Waals surface area contributed by atoms with Crippen molar-refractivity contribution in [1.82, 2.24) is 10.3 Å². The van der Waals surface area contributed by atoms with Crippen molar-refractivity contribution in [2.75, 3.05) is 0 Å². The minimum Gasteiger partial charge on any atom is -0.345 e. The van der Waals surface area contributed by atoms with Gasteiger partial charge in [-0.25, -0.2) is 4.39 Å². The molecule has 0 unspecified atom stereocenters. The summed E-state index contributed by atoms with van der Waals surface area (Å²) < 4.78 is 13.2. The zero-order valence-electron chi connectivity index (χ0n) is 11.2. The molecular weight excluding hydrogens is 255 g/mol. The smallest absolute Gasteiger partial charge is 0.253 e. The number of fused-ring (bicyclic) bond motifs is 1. The Morgan fingerprint density at radius 3 is 3.05 bits per heavy atom. The zero-order valence-corrected chi connectivity index (χ0v) is 11.2. The fraction of sp³-hybridized carbons (Fsp3) is 0.250. The highest BCUT2D eigenvalue weighted by Gasteiger charge is 2.25. The number of aryl methyl sites for hydroxylation is 2. The minimum atomic E-state index is -0.223. The van der Waals surface area contributed by atoms with E-state index in [0.29, 0.717) is 11.3 Å². The molecular formula is C16H15FN2O. The van der Waals surface area contributed by atoms with Crippen LogP contribution in [-0.4, -0.2) is 10.9 Å². The number of benzene rings is 1. The van der Waals surface area contributed by atoms with Gasteiger partial charge in [0.05, 0.1) is 11.6 Å². The molecule has 0 fully saturated rings. The summed E-state index contributed by atoms with van der Waals surface area (Å²) in [5.74, 6) is -0.350. The number of amides is 1. The summed E-state index contributed by atoms with van der Waals surface area (Å²) in [4.78, 5) is 16.4. The van der Waals surface area contributed by atoms with Gasteiger partial charge >= 0.3 is 0 Å². The van der Waals surface area contributed by atoms with Crippen LogP contribution in [0.2, 0.25) is 0 Å². The molecule has 3 rings (SSSR count). The van der Waals surface area contributed by atoms with E-state index in [0.717, 1.165) is 24.0 Å². The first kappa shape index (κ1) is 12.8. The number of carbonyl (C=O) groups is 1. The lowest BCUT2D eigenvalue weighted by atomic mass is 10.1. The number of halogens is 1. The predicted molar refractivity (Wildman–Crippen MR) is 73.9 cm³/mol. The molecule has 20 heavy (non-hydrogen) atoms. The van der Waals surface area contributed by atoms with Gasteiger partial charge in [0.2, 0.25) is 0 Å². The first-order valence-electron chi connectivity index (χ1n) is 6.66. The van der Waals surface area contributed by atoms with Gasteiger partial charge in [0.15, 0.2) is 0 Å². The first-order valence-corrected chi connectivity index (χ1v) is 6.66. The molecule has 0 aliphatic heterocycles. The van der Waals surface area contributed by atoms with Crippen LogP contribution >= 0.6 is 0 Å². The lowest BCUT2D eigenvalue weighted by Gasteiger charge is -2.14. The molecule has 1 aliphatic carbocycles. The van der Waals surface area contributed by atoms with Gasteiger partial charge in [-0.2, -0.15) is 0 Å². The highest BCUT2D eigenvalue weighted by Crippen LogP contribution is 2.31. The monoisotopic (exact) mass is 270 g/mol. The number of nitrogens with zero attached hydrogens (tertiary/aromatic N) is 1. The van der Waals surface area contributed by atoms with Crippen molar-refractivity contribution in [2.24, 2.45) is 0 Å². The van der Waals surface area contributed by atoms with E-state index in [2.05, 4.69) is 10.3 Å². The van der Waals surface area contributed by atoms with Crippen LogP contribution in [0.3, 0.4) is 0 Å². The second-order valence-corrected chi connectivity index (χ2v) is 5.04. The zero-order chi connectivity index (χ0) is 14.1. The van der Waals surface area contributed by atoms with E-state index >= 15 is 0 Å². The fourth-order valence-corrected chi connectivity index (χ4v) is 2.70. The average molecular weight is 270 g/mol.